The fourth-order valence-corrected chi connectivity index (χ4v) is 2.72. The summed E-state index contributed by atoms with van der Waals surface area (Å²) in [6.45, 7) is 2.79. The van der Waals surface area contributed by atoms with Gasteiger partial charge >= 0.3 is 0 Å². The fourth-order valence-electron chi connectivity index (χ4n) is 2.72. The molecule has 27 heavy (non-hydrogen) atoms. The molecule has 3 rings (SSSR count). The number of nitro benzene ring substituents is 1. The van der Waals surface area contributed by atoms with Crippen LogP contribution in [0.25, 0.3) is 11.5 Å². The molecule has 0 radical (unpaired) electrons. The van der Waals surface area contributed by atoms with E-state index in [-0.39, 0.29) is 11.7 Å². The second-order valence-corrected chi connectivity index (χ2v) is 6.35. The van der Waals surface area contributed by atoms with Gasteiger partial charge in [0.2, 0.25) is 5.89 Å². The van der Waals surface area contributed by atoms with Gasteiger partial charge in [-0.25, -0.2) is 0 Å². The third-order valence-corrected chi connectivity index (χ3v) is 4.49. The van der Waals surface area contributed by atoms with E-state index in [0.717, 1.165) is 17.9 Å². The molecule has 140 valence electrons. The highest BCUT2D eigenvalue weighted by molar-refractivity contribution is 5.55. The van der Waals surface area contributed by atoms with E-state index < -0.39 is 4.92 Å². The third kappa shape index (κ3) is 4.29. The summed E-state index contributed by atoms with van der Waals surface area (Å²) >= 11 is 0. The van der Waals surface area contributed by atoms with Crippen molar-refractivity contribution in [2.45, 2.75) is 19.5 Å². The summed E-state index contributed by atoms with van der Waals surface area (Å²) in [6.07, 6.45) is 0. The van der Waals surface area contributed by atoms with Crippen LogP contribution in [0, 0.1) is 10.1 Å². The molecule has 0 aliphatic rings. The van der Waals surface area contributed by atoms with Gasteiger partial charge in [0.1, 0.15) is 12.3 Å². The predicted octanol–water partition coefficient (Wildman–Crippen LogP) is 2.43. The molecule has 1 N–H and O–H groups in total. The van der Waals surface area contributed by atoms with Crippen molar-refractivity contribution < 1.29 is 19.0 Å². The first-order chi connectivity index (χ1) is 13.0. The molecule has 0 aliphatic carbocycles. The Morgan fingerprint density at radius 1 is 1.22 bits per heavy atom. The average Bonchev–Trinajstić information content (AvgIpc) is 3.17. The lowest BCUT2D eigenvalue weighted by atomic mass is 10.2. The van der Waals surface area contributed by atoms with Crippen molar-refractivity contribution in [3.05, 3.63) is 70.1 Å². The van der Waals surface area contributed by atoms with Crippen molar-refractivity contribution in [3.63, 3.8) is 0 Å². The SMILES string of the molecule is COc1cccc(C[NH+](C)[C@H](C)c2nnc(-c3ccc([N+](=O)[O-])cc3)o2)c1. The maximum atomic E-state index is 10.8. The number of aromatic nitrogens is 2. The number of nitrogens with zero attached hydrogens (tertiary/aromatic N) is 3. The minimum Gasteiger partial charge on any atom is -0.497 e. The van der Waals surface area contributed by atoms with Crippen molar-refractivity contribution in [1.82, 2.24) is 10.2 Å². The number of rotatable bonds is 7. The number of nitro groups is 1. The van der Waals surface area contributed by atoms with Gasteiger partial charge in [0.15, 0.2) is 6.04 Å². The smallest absolute Gasteiger partial charge is 0.274 e. The van der Waals surface area contributed by atoms with Gasteiger partial charge in [-0.3, -0.25) is 10.1 Å². The summed E-state index contributed by atoms with van der Waals surface area (Å²) in [4.78, 5) is 11.5. The molecule has 3 aromatic rings. The second kappa shape index (κ2) is 7.96. The monoisotopic (exact) mass is 369 g/mol. The highest BCUT2D eigenvalue weighted by Crippen LogP contribution is 2.22. The quantitative estimate of drug-likeness (QED) is 0.508. The summed E-state index contributed by atoms with van der Waals surface area (Å²) in [5, 5.41) is 19.0. The molecule has 1 heterocycles. The molecule has 0 aliphatic heterocycles. The van der Waals surface area contributed by atoms with E-state index in [9.17, 15) is 10.1 Å². The maximum Gasteiger partial charge on any atom is 0.274 e. The molecule has 2 atom stereocenters. The molecule has 0 fully saturated rings. The van der Waals surface area contributed by atoms with Crippen LogP contribution < -0.4 is 9.64 Å². The number of methoxy groups -OCH3 is 1. The van der Waals surface area contributed by atoms with Crippen LogP contribution in [0.5, 0.6) is 5.75 Å². The molecular weight excluding hydrogens is 348 g/mol. The van der Waals surface area contributed by atoms with Gasteiger partial charge in [-0.1, -0.05) is 12.1 Å². The molecule has 1 aromatic heterocycles. The number of nitrogens with one attached hydrogen (secondary N) is 1. The summed E-state index contributed by atoms with van der Waals surface area (Å²) in [7, 11) is 3.70. The highest BCUT2D eigenvalue weighted by atomic mass is 16.6. The van der Waals surface area contributed by atoms with Crippen molar-refractivity contribution in [2.75, 3.05) is 14.2 Å². The molecular formula is C19H21N4O4+. The second-order valence-electron chi connectivity index (χ2n) is 6.35. The Morgan fingerprint density at radius 3 is 2.63 bits per heavy atom. The summed E-state index contributed by atoms with van der Waals surface area (Å²) in [6, 6.07) is 14.0. The molecule has 0 amide bonds. The summed E-state index contributed by atoms with van der Waals surface area (Å²) in [5.41, 5.74) is 1.82. The molecule has 0 spiro atoms. The summed E-state index contributed by atoms with van der Waals surface area (Å²) in [5.74, 6) is 1.69. The van der Waals surface area contributed by atoms with Gasteiger partial charge in [-0.05, 0) is 31.2 Å². The number of ether oxygens (including phenoxy) is 1. The lowest BCUT2D eigenvalue weighted by Crippen LogP contribution is -3.07. The first-order valence-electron chi connectivity index (χ1n) is 8.51. The molecule has 8 nitrogen and oxygen atoms in total. The molecule has 2 aromatic carbocycles. The van der Waals surface area contributed by atoms with Crippen LogP contribution in [0.15, 0.2) is 52.9 Å². The van der Waals surface area contributed by atoms with Crippen LogP contribution >= 0.6 is 0 Å². The minimum absolute atomic E-state index is 0.0181. The average molecular weight is 369 g/mol. The standard InChI is InChI=1S/C19H20N4O4/c1-13(22(2)12-14-5-4-6-17(11-14)26-3)18-20-21-19(27-18)15-7-9-16(10-8-15)23(24)25/h4-11,13H,12H2,1-3H3/p+1/t13-/m1/s1. The van der Waals surface area contributed by atoms with E-state index in [0.29, 0.717) is 17.3 Å². The van der Waals surface area contributed by atoms with Gasteiger partial charge < -0.3 is 14.1 Å². The number of non-ortho nitro benzene ring substituents is 1. The molecule has 0 saturated heterocycles. The zero-order chi connectivity index (χ0) is 19.4. The van der Waals surface area contributed by atoms with Crippen molar-refractivity contribution >= 4 is 5.69 Å². The predicted molar refractivity (Wildman–Crippen MR) is 98.4 cm³/mol. The Kier molecular flexibility index (Phi) is 5.46. The first-order valence-corrected chi connectivity index (χ1v) is 8.51. The first kappa shape index (κ1) is 18.5. The van der Waals surface area contributed by atoms with Gasteiger partial charge in [0.25, 0.3) is 11.6 Å². The van der Waals surface area contributed by atoms with E-state index in [1.165, 1.54) is 17.0 Å². The third-order valence-electron chi connectivity index (χ3n) is 4.49. The Bertz CT molecular complexity index is 923. The van der Waals surface area contributed by atoms with Crippen molar-refractivity contribution in [2.24, 2.45) is 0 Å². The van der Waals surface area contributed by atoms with E-state index in [4.69, 9.17) is 9.15 Å². The zero-order valence-corrected chi connectivity index (χ0v) is 15.4. The minimum atomic E-state index is -0.442. The fraction of sp³-hybridized carbons (Fsp3) is 0.263. The van der Waals surface area contributed by atoms with Gasteiger partial charge in [-0.15, -0.1) is 10.2 Å². The Labute approximate surface area is 156 Å². The van der Waals surface area contributed by atoms with Crippen LogP contribution in [0.3, 0.4) is 0 Å². The van der Waals surface area contributed by atoms with E-state index in [1.54, 1.807) is 19.2 Å². The van der Waals surface area contributed by atoms with Gasteiger partial charge in [0.05, 0.1) is 19.1 Å². The summed E-state index contributed by atoms with van der Waals surface area (Å²) < 4.78 is 11.1. The van der Waals surface area contributed by atoms with Crippen molar-refractivity contribution in [1.29, 1.82) is 0 Å². The number of benzene rings is 2. The molecule has 0 bridgehead atoms. The van der Waals surface area contributed by atoms with Gasteiger partial charge in [-0.2, -0.15) is 0 Å². The van der Waals surface area contributed by atoms with Gasteiger partial charge in [0, 0.05) is 23.3 Å². The number of quaternary nitrogens is 1. The zero-order valence-electron chi connectivity index (χ0n) is 15.4. The number of hydrogen-bond donors (Lipinski definition) is 1. The largest absolute Gasteiger partial charge is 0.497 e. The van der Waals surface area contributed by atoms with Crippen LogP contribution in [-0.4, -0.2) is 29.3 Å². The van der Waals surface area contributed by atoms with E-state index in [2.05, 4.69) is 23.3 Å². The van der Waals surface area contributed by atoms with E-state index in [1.807, 2.05) is 25.1 Å². The number of hydrogen-bond acceptors (Lipinski definition) is 6. The van der Waals surface area contributed by atoms with Crippen LogP contribution in [-0.2, 0) is 6.54 Å². The highest BCUT2D eigenvalue weighted by Gasteiger charge is 2.23. The Hall–Kier alpha value is -3.26. The van der Waals surface area contributed by atoms with Crippen molar-refractivity contribution in [3.8, 4) is 17.2 Å². The van der Waals surface area contributed by atoms with Crippen LogP contribution in [0.4, 0.5) is 5.69 Å². The van der Waals surface area contributed by atoms with Crippen LogP contribution in [0.2, 0.25) is 0 Å². The molecule has 0 saturated carbocycles. The topological polar surface area (TPSA) is 95.7 Å². The molecule has 8 heteroatoms. The normalized spacial score (nSPS) is 13.1. The lowest BCUT2D eigenvalue weighted by Gasteiger charge is -2.19. The lowest BCUT2D eigenvalue weighted by molar-refractivity contribution is -0.925. The Morgan fingerprint density at radius 2 is 1.96 bits per heavy atom. The Balaban J connectivity index is 1.71. The van der Waals surface area contributed by atoms with E-state index >= 15 is 0 Å². The van der Waals surface area contributed by atoms with Crippen LogP contribution in [0.1, 0.15) is 24.4 Å². The maximum absolute atomic E-state index is 10.8. The molecule has 1 unspecified atom stereocenters.